The van der Waals surface area contributed by atoms with Gasteiger partial charge in [-0.1, -0.05) is 36.4 Å². The molecule has 0 fully saturated rings. The molecular weight excluding hydrogens is 392 g/mol. The van der Waals surface area contributed by atoms with Gasteiger partial charge in [0.05, 0.1) is 6.04 Å². The maximum atomic E-state index is 12.5. The van der Waals surface area contributed by atoms with Gasteiger partial charge in [0.1, 0.15) is 5.75 Å². The van der Waals surface area contributed by atoms with Gasteiger partial charge in [0.2, 0.25) is 0 Å². The SMILES string of the molecule is C[C@@H](OC(=O)/C=C/c1ccc(OC(F)F)cc1)C(=O)N[C@H]1CCCc2ccccc21. The van der Waals surface area contributed by atoms with Crippen LogP contribution in [0.3, 0.4) is 0 Å². The first-order valence-corrected chi connectivity index (χ1v) is 9.74. The van der Waals surface area contributed by atoms with Crippen molar-refractivity contribution in [3.8, 4) is 5.75 Å². The Morgan fingerprint density at radius 2 is 1.87 bits per heavy atom. The van der Waals surface area contributed by atoms with Crippen molar-refractivity contribution in [3.05, 3.63) is 71.3 Å². The highest BCUT2D eigenvalue weighted by Gasteiger charge is 2.24. The molecule has 0 aromatic heterocycles. The number of hydrogen-bond donors (Lipinski definition) is 1. The van der Waals surface area contributed by atoms with Crippen molar-refractivity contribution in [3.63, 3.8) is 0 Å². The van der Waals surface area contributed by atoms with Crippen LogP contribution < -0.4 is 10.1 Å². The van der Waals surface area contributed by atoms with E-state index in [1.54, 1.807) is 0 Å². The molecule has 0 bridgehead atoms. The number of carbonyl (C=O) groups excluding carboxylic acids is 2. The van der Waals surface area contributed by atoms with Crippen LogP contribution in [-0.4, -0.2) is 24.6 Å². The van der Waals surface area contributed by atoms with Crippen molar-refractivity contribution >= 4 is 18.0 Å². The maximum Gasteiger partial charge on any atom is 0.387 e. The molecule has 0 saturated carbocycles. The molecule has 2 aromatic rings. The monoisotopic (exact) mass is 415 g/mol. The van der Waals surface area contributed by atoms with Gasteiger partial charge in [-0.15, -0.1) is 0 Å². The van der Waals surface area contributed by atoms with Crippen LogP contribution in [0.25, 0.3) is 6.08 Å². The fourth-order valence-corrected chi connectivity index (χ4v) is 3.38. The van der Waals surface area contributed by atoms with Crippen molar-refractivity contribution in [2.75, 3.05) is 0 Å². The van der Waals surface area contributed by atoms with E-state index in [4.69, 9.17) is 4.74 Å². The van der Waals surface area contributed by atoms with E-state index in [9.17, 15) is 18.4 Å². The number of carbonyl (C=O) groups is 2. The van der Waals surface area contributed by atoms with Crippen LogP contribution in [0.4, 0.5) is 8.78 Å². The first-order valence-electron chi connectivity index (χ1n) is 9.74. The van der Waals surface area contributed by atoms with E-state index in [0.29, 0.717) is 5.56 Å². The van der Waals surface area contributed by atoms with Gasteiger partial charge in [-0.05, 0) is 61.1 Å². The highest BCUT2D eigenvalue weighted by Crippen LogP contribution is 2.29. The number of nitrogens with one attached hydrogen (secondary N) is 1. The number of benzene rings is 2. The Morgan fingerprint density at radius 1 is 1.13 bits per heavy atom. The zero-order valence-corrected chi connectivity index (χ0v) is 16.5. The van der Waals surface area contributed by atoms with E-state index in [1.807, 2.05) is 18.2 Å². The number of fused-ring (bicyclic) bond motifs is 1. The molecule has 0 heterocycles. The van der Waals surface area contributed by atoms with Gasteiger partial charge in [0, 0.05) is 6.08 Å². The standard InChI is InChI=1S/C23H23F2NO4/c1-15(22(28)26-20-8-4-6-17-5-2-3-7-19(17)20)29-21(27)14-11-16-9-12-18(13-10-16)30-23(24)25/h2-3,5,7,9-15,20,23H,4,6,8H2,1H3,(H,26,28)/b14-11+/t15-,20+/m1/s1. The third-order valence-corrected chi connectivity index (χ3v) is 4.87. The number of esters is 1. The molecule has 158 valence electrons. The summed E-state index contributed by atoms with van der Waals surface area (Å²) in [5.74, 6) is -0.999. The highest BCUT2D eigenvalue weighted by atomic mass is 19.3. The molecule has 1 aliphatic carbocycles. The van der Waals surface area contributed by atoms with E-state index >= 15 is 0 Å². The Balaban J connectivity index is 1.51. The number of alkyl halides is 2. The molecule has 1 amide bonds. The minimum Gasteiger partial charge on any atom is -0.449 e. The van der Waals surface area contributed by atoms with Crippen molar-refractivity contribution in [2.24, 2.45) is 0 Å². The summed E-state index contributed by atoms with van der Waals surface area (Å²) in [6, 6.07) is 13.7. The van der Waals surface area contributed by atoms with E-state index < -0.39 is 18.7 Å². The predicted octanol–water partition coefficient (Wildman–Crippen LogP) is 4.43. The molecule has 0 radical (unpaired) electrons. The first-order chi connectivity index (χ1) is 14.4. The quantitative estimate of drug-likeness (QED) is 0.537. The molecule has 5 nitrogen and oxygen atoms in total. The average molecular weight is 415 g/mol. The first kappa shape index (κ1) is 21.5. The Kier molecular flexibility index (Phi) is 7.17. The Labute approximate surface area is 173 Å². The zero-order chi connectivity index (χ0) is 21.5. The second-order valence-electron chi connectivity index (χ2n) is 7.01. The number of halogens is 2. The Bertz CT molecular complexity index is 912. The molecular formula is C23H23F2NO4. The summed E-state index contributed by atoms with van der Waals surface area (Å²) >= 11 is 0. The second kappa shape index (κ2) is 10.0. The van der Waals surface area contributed by atoms with Crippen LogP contribution >= 0.6 is 0 Å². The lowest BCUT2D eigenvalue weighted by Crippen LogP contribution is -2.39. The summed E-state index contributed by atoms with van der Waals surface area (Å²) < 4.78 is 33.7. The van der Waals surface area contributed by atoms with Gasteiger partial charge >= 0.3 is 12.6 Å². The Hall–Kier alpha value is -3.22. The average Bonchev–Trinajstić information content (AvgIpc) is 2.73. The number of hydrogen-bond acceptors (Lipinski definition) is 4. The number of aryl methyl sites for hydroxylation is 1. The van der Waals surface area contributed by atoms with Crippen LogP contribution in [0, 0.1) is 0 Å². The lowest BCUT2D eigenvalue weighted by atomic mass is 9.87. The lowest BCUT2D eigenvalue weighted by molar-refractivity contribution is -0.150. The third kappa shape index (κ3) is 5.89. The smallest absolute Gasteiger partial charge is 0.387 e. The molecule has 0 spiro atoms. The minimum atomic E-state index is -2.89. The Morgan fingerprint density at radius 3 is 2.60 bits per heavy atom. The molecule has 7 heteroatoms. The van der Waals surface area contributed by atoms with Gasteiger partial charge in [-0.3, -0.25) is 4.79 Å². The van der Waals surface area contributed by atoms with Gasteiger partial charge < -0.3 is 14.8 Å². The second-order valence-corrected chi connectivity index (χ2v) is 7.01. The van der Waals surface area contributed by atoms with Gasteiger partial charge in [0.25, 0.3) is 5.91 Å². The molecule has 2 atom stereocenters. The molecule has 0 saturated heterocycles. The molecule has 30 heavy (non-hydrogen) atoms. The van der Waals surface area contributed by atoms with E-state index in [-0.39, 0.29) is 17.7 Å². The number of rotatable bonds is 7. The summed E-state index contributed by atoms with van der Waals surface area (Å²) in [4.78, 5) is 24.5. The highest BCUT2D eigenvalue weighted by molar-refractivity contribution is 5.90. The van der Waals surface area contributed by atoms with Crippen molar-refractivity contribution in [2.45, 2.75) is 44.9 Å². The van der Waals surface area contributed by atoms with Crippen LogP contribution in [0.2, 0.25) is 0 Å². The minimum absolute atomic E-state index is 0.0271. The van der Waals surface area contributed by atoms with Gasteiger partial charge in [0.15, 0.2) is 6.10 Å². The number of amides is 1. The van der Waals surface area contributed by atoms with E-state index in [2.05, 4.69) is 16.1 Å². The van der Waals surface area contributed by atoms with Crippen LogP contribution in [0.5, 0.6) is 5.75 Å². The summed E-state index contributed by atoms with van der Waals surface area (Å²) in [6.07, 6.45) is 4.53. The van der Waals surface area contributed by atoms with E-state index in [0.717, 1.165) is 24.8 Å². The molecule has 1 N–H and O–H groups in total. The molecule has 2 aromatic carbocycles. The molecule has 0 aliphatic heterocycles. The zero-order valence-electron chi connectivity index (χ0n) is 16.5. The van der Waals surface area contributed by atoms with Gasteiger partial charge in [-0.25, -0.2) is 4.79 Å². The predicted molar refractivity (Wildman–Crippen MR) is 108 cm³/mol. The summed E-state index contributed by atoms with van der Waals surface area (Å²) in [5, 5.41) is 2.96. The fraction of sp³-hybridized carbons (Fsp3) is 0.304. The number of ether oxygens (including phenoxy) is 2. The maximum absolute atomic E-state index is 12.5. The van der Waals surface area contributed by atoms with Crippen molar-refractivity contribution < 1.29 is 27.8 Å². The third-order valence-electron chi connectivity index (χ3n) is 4.87. The fourth-order valence-electron chi connectivity index (χ4n) is 3.38. The normalized spacial score (nSPS) is 16.7. The lowest BCUT2D eigenvalue weighted by Gasteiger charge is -2.27. The largest absolute Gasteiger partial charge is 0.449 e. The molecule has 3 rings (SSSR count). The van der Waals surface area contributed by atoms with Crippen LogP contribution in [0.1, 0.15) is 42.5 Å². The van der Waals surface area contributed by atoms with Crippen molar-refractivity contribution in [1.82, 2.24) is 5.32 Å². The molecule has 0 unspecified atom stereocenters. The van der Waals surface area contributed by atoms with E-state index in [1.165, 1.54) is 48.9 Å². The molecule has 1 aliphatic rings. The van der Waals surface area contributed by atoms with Crippen molar-refractivity contribution in [1.29, 1.82) is 0 Å². The van der Waals surface area contributed by atoms with Crippen LogP contribution in [-0.2, 0) is 20.7 Å². The van der Waals surface area contributed by atoms with Crippen LogP contribution in [0.15, 0.2) is 54.6 Å². The summed E-state index contributed by atoms with van der Waals surface area (Å²) in [5.41, 5.74) is 2.94. The summed E-state index contributed by atoms with van der Waals surface area (Å²) in [6.45, 7) is -1.37. The topological polar surface area (TPSA) is 64.6 Å². The summed E-state index contributed by atoms with van der Waals surface area (Å²) in [7, 11) is 0. The van der Waals surface area contributed by atoms with Gasteiger partial charge in [-0.2, -0.15) is 8.78 Å².